The fraction of sp³-hybridized carbons (Fsp3) is 0.182. The van der Waals surface area contributed by atoms with Gasteiger partial charge >= 0.3 is 0 Å². The molecule has 0 amide bonds. The number of hydrogen-bond acceptors (Lipinski definition) is 3. The lowest BCUT2D eigenvalue weighted by Crippen LogP contribution is -1.88. The highest BCUT2D eigenvalue weighted by atomic mass is 16.5. The van der Waals surface area contributed by atoms with E-state index in [2.05, 4.69) is 11.8 Å². The SMILES string of the molecule is COc1ccc(C#CCO)cc1C#N. The second kappa shape index (κ2) is 4.91. The number of nitriles is 1. The summed E-state index contributed by atoms with van der Waals surface area (Å²) < 4.78 is 4.98. The molecule has 0 atom stereocenters. The van der Waals surface area contributed by atoms with Crippen LogP contribution in [0.5, 0.6) is 5.75 Å². The molecule has 1 aromatic carbocycles. The molecule has 70 valence electrons. The lowest BCUT2D eigenvalue weighted by Gasteiger charge is -2.01. The van der Waals surface area contributed by atoms with E-state index in [0.717, 1.165) is 0 Å². The maximum atomic E-state index is 8.77. The maximum Gasteiger partial charge on any atom is 0.136 e. The van der Waals surface area contributed by atoms with E-state index >= 15 is 0 Å². The van der Waals surface area contributed by atoms with Gasteiger partial charge in [0.05, 0.1) is 12.7 Å². The Bertz CT molecular complexity index is 421. The van der Waals surface area contributed by atoms with Gasteiger partial charge < -0.3 is 9.84 Å². The minimum absolute atomic E-state index is 0.187. The van der Waals surface area contributed by atoms with Gasteiger partial charge in [0.25, 0.3) is 0 Å². The summed E-state index contributed by atoms with van der Waals surface area (Å²) in [6, 6.07) is 7.05. The van der Waals surface area contributed by atoms with Gasteiger partial charge in [-0.15, -0.1) is 0 Å². The van der Waals surface area contributed by atoms with Gasteiger partial charge in [-0.1, -0.05) is 11.8 Å². The van der Waals surface area contributed by atoms with E-state index in [0.29, 0.717) is 16.9 Å². The van der Waals surface area contributed by atoms with Crippen LogP contribution >= 0.6 is 0 Å². The predicted molar refractivity (Wildman–Crippen MR) is 51.7 cm³/mol. The molecule has 1 rings (SSSR count). The Morgan fingerprint density at radius 2 is 2.29 bits per heavy atom. The molecule has 0 aliphatic heterocycles. The molecule has 1 aromatic rings. The van der Waals surface area contributed by atoms with Crippen molar-refractivity contribution in [2.75, 3.05) is 13.7 Å². The fourth-order valence-corrected chi connectivity index (χ4v) is 1.01. The van der Waals surface area contributed by atoms with Gasteiger partial charge in [-0.2, -0.15) is 5.26 Å². The van der Waals surface area contributed by atoms with Crippen LogP contribution in [0.1, 0.15) is 11.1 Å². The van der Waals surface area contributed by atoms with Gasteiger partial charge in [0.2, 0.25) is 0 Å². The Labute approximate surface area is 82.6 Å². The number of ether oxygens (including phenoxy) is 1. The number of benzene rings is 1. The highest BCUT2D eigenvalue weighted by Gasteiger charge is 2.01. The summed E-state index contributed by atoms with van der Waals surface area (Å²) in [4.78, 5) is 0. The van der Waals surface area contributed by atoms with E-state index in [1.165, 1.54) is 7.11 Å². The second-order valence-corrected chi connectivity index (χ2v) is 2.49. The number of methoxy groups -OCH3 is 1. The van der Waals surface area contributed by atoms with Crippen LogP contribution in [0.3, 0.4) is 0 Å². The fourth-order valence-electron chi connectivity index (χ4n) is 1.01. The van der Waals surface area contributed by atoms with E-state index < -0.39 is 0 Å². The third-order valence-electron chi connectivity index (χ3n) is 1.63. The highest BCUT2D eigenvalue weighted by Crippen LogP contribution is 2.17. The van der Waals surface area contributed by atoms with Crippen molar-refractivity contribution in [3.63, 3.8) is 0 Å². The number of aliphatic hydroxyl groups is 1. The molecule has 0 saturated carbocycles. The lowest BCUT2D eigenvalue weighted by atomic mass is 10.1. The molecule has 0 fully saturated rings. The number of nitrogens with zero attached hydrogens (tertiary/aromatic N) is 1. The molecule has 3 nitrogen and oxygen atoms in total. The van der Waals surface area contributed by atoms with Gasteiger partial charge in [0.15, 0.2) is 0 Å². The van der Waals surface area contributed by atoms with Crippen molar-refractivity contribution in [2.24, 2.45) is 0 Å². The first kappa shape index (κ1) is 10.1. The van der Waals surface area contributed by atoms with Gasteiger partial charge in [0.1, 0.15) is 18.4 Å². The molecule has 0 aromatic heterocycles. The molecule has 0 radical (unpaired) electrons. The van der Waals surface area contributed by atoms with Crippen molar-refractivity contribution >= 4 is 0 Å². The van der Waals surface area contributed by atoms with Crippen LogP contribution in [0.2, 0.25) is 0 Å². The Kier molecular flexibility index (Phi) is 3.55. The molecule has 1 N–H and O–H groups in total. The van der Waals surface area contributed by atoms with Crippen LogP contribution in [-0.2, 0) is 0 Å². The first-order valence-corrected chi connectivity index (χ1v) is 3.99. The van der Waals surface area contributed by atoms with Crippen LogP contribution < -0.4 is 4.74 Å². The van der Waals surface area contributed by atoms with Crippen molar-refractivity contribution in [1.82, 2.24) is 0 Å². The lowest BCUT2D eigenvalue weighted by molar-refractivity contribution is 0.350. The van der Waals surface area contributed by atoms with Crippen molar-refractivity contribution in [3.8, 4) is 23.7 Å². The molecule has 0 aliphatic carbocycles. The Morgan fingerprint density at radius 3 is 2.86 bits per heavy atom. The second-order valence-electron chi connectivity index (χ2n) is 2.49. The van der Waals surface area contributed by atoms with E-state index in [1.807, 2.05) is 6.07 Å². The quantitative estimate of drug-likeness (QED) is 0.665. The van der Waals surface area contributed by atoms with Gasteiger partial charge in [-0.05, 0) is 18.2 Å². The monoisotopic (exact) mass is 187 g/mol. The number of hydrogen-bond donors (Lipinski definition) is 1. The summed E-state index contributed by atoms with van der Waals surface area (Å²) in [7, 11) is 1.51. The summed E-state index contributed by atoms with van der Waals surface area (Å²) in [5.41, 5.74) is 1.13. The highest BCUT2D eigenvalue weighted by molar-refractivity contribution is 5.49. The summed E-state index contributed by atoms with van der Waals surface area (Å²) >= 11 is 0. The van der Waals surface area contributed by atoms with E-state index in [1.54, 1.807) is 18.2 Å². The first-order valence-electron chi connectivity index (χ1n) is 3.99. The number of rotatable bonds is 1. The standard InChI is InChI=1S/C11H9NO2/c1-14-11-5-4-9(3-2-6-13)7-10(11)8-12/h4-5,7,13H,6H2,1H3. The predicted octanol–water partition coefficient (Wildman–Crippen LogP) is 0.911. The molecule has 3 heteroatoms. The topological polar surface area (TPSA) is 53.2 Å². The number of aliphatic hydroxyl groups excluding tert-OH is 1. The zero-order valence-corrected chi connectivity index (χ0v) is 7.74. The first-order chi connectivity index (χ1) is 6.81. The smallest absolute Gasteiger partial charge is 0.136 e. The molecule has 0 spiro atoms. The molecule has 14 heavy (non-hydrogen) atoms. The molecule has 0 bridgehead atoms. The minimum atomic E-state index is -0.187. The van der Waals surface area contributed by atoms with Crippen LogP contribution in [0.15, 0.2) is 18.2 Å². The van der Waals surface area contributed by atoms with Crippen LogP contribution in [0.4, 0.5) is 0 Å². The van der Waals surface area contributed by atoms with Crippen LogP contribution in [0, 0.1) is 23.2 Å². The Hall–Kier alpha value is -1.97. The van der Waals surface area contributed by atoms with E-state index in [-0.39, 0.29) is 6.61 Å². The average Bonchev–Trinajstić information content (AvgIpc) is 2.25. The average molecular weight is 187 g/mol. The molecule has 0 heterocycles. The summed E-state index contributed by atoms with van der Waals surface area (Å²) in [6.07, 6.45) is 0. The summed E-state index contributed by atoms with van der Waals surface area (Å²) in [6.45, 7) is -0.187. The largest absolute Gasteiger partial charge is 0.495 e. The Balaban J connectivity index is 3.09. The third kappa shape index (κ3) is 2.26. The van der Waals surface area contributed by atoms with Crippen molar-refractivity contribution < 1.29 is 9.84 Å². The molecule has 0 unspecified atom stereocenters. The van der Waals surface area contributed by atoms with Crippen LogP contribution in [-0.4, -0.2) is 18.8 Å². The summed E-state index contributed by atoms with van der Waals surface area (Å²) in [5, 5.41) is 17.3. The third-order valence-corrected chi connectivity index (χ3v) is 1.63. The van der Waals surface area contributed by atoms with Gasteiger partial charge in [-0.25, -0.2) is 0 Å². The maximum absolute atomic E-state index is 8.77. The normalized spacial score (nSPS) is 8.36. The van der Waals surface area contributed by atoms with Crippen molar-refractivity contribution in [2.45, 2.75) is 0 Å². The Morgan fingerprint density at radius 1 is 1.50 bits per heavy atom. The van der Waals surface area contributed by atoms with Crippen molar-refractivity contribution in [3.05, 3.63) is 29.3 Å². The zero-order valence-electron chi connectivity index (χ0n) is 7.74. The minimum Gasteiger partial charge on any atom is -0.495 e. The van der Waals surface area contributed by atoms with Gasteiger partial charge in [0, 0.05) is 5.56 Å². The molecule has 0 saturated heterocycles. The molecule has 0 aliphatic rings. The van der Waals surface area contributed by atoms with E-state index in [9.17, 15) is 0 Å². The van der Waals surface area contributed by atoms with E-state index in [4.69, 9.17) is 15.1 Å². The summed E-state index contributed by atoms with van der Waals surface area (Å²) in [5.74, 6) is 5.75. The van der Waals surface area contributed by atoms with Gasteiger partial charge in [-0.3, -0.25) is 0 Å². The molecular formula is C11H9NO2. The molecular weight excluding hydrogens is 178 g/mol. The van der Waals surface area contributed by atoms with Crippen molar-refractivity contribution in [1.29, 1.82) is 5.26 Å². The van der Waals surface area contributed by atoms with Crippen LogP contribution in [0.25, 0.3) is 0 Å². The zero-order chi connectivity index (χ0) is 10.4.